The summed E-state index contributed by atoms with van der Waals surface area (Å²) in [7, 11) is 0. The number of para-hydroxylation sites is 2. The van der Waals surface area contributed by atoms with Crippen molar-refractivity contribution in [2.24, 2.45) is 0 Å². The van der Waals surface area contributed by atoms with Gasteiger partial charge in [0.1, 0.15) is 11.6 Å². The highest BCUT2D eigenvalue weighted by atomic mass is 19.1. The van der Waals surface area contributed by atoms with E-state index in [-0.39, 0.29) is 5.56 Å². The zero-order valence-corrected chi connectivity index (χ0v) is 13.1. The first kappa shape index (κ1) is 15.7. The lowest BCUT2D eigenvalue weighted by atomic mass is 10.2. The molecule has 3 aromatic carbocycles. The SMILES string of the molecule is Cc1ccc(Oc2ccccc2NC(=O)c2ccccc2F)cc1. The van der Waals surface area contributed by atoms with E-state index in [1.165, 1.54) is 12.1 Å². The molecule has 1 N–H and O–H groups in total. The number of rotatable bonds is 4. The highest BCUT2D eigenvalue weighted by Gasteiger charge is 2.13. The molecule has 24 heavy (non-hydrogen) atoms. The molecule has 4 heteroatoms. The summed E-state index contributed by atoms with van der Waals surface area (Å²) in [5.41, 5.74) is 1.59. The largest absolute Gasteiger partial charge is 0.455 e. The van der Waals surface area contributed by atoms with Gasteiger partial charge in [-0.1, -0.05) is 42.0 Å². The summed E-state index contributed by atoms with van der Waals surface area (Å²) in [4.78, 5) is 12.3. The predicted octanol–water partition coefficient (Wildman–Crippen LogP) is 5.18. The Hall–Kier alpha value is -3.14. The van der Waals surface area contributed by atoms with Crippen molar-refractivity contribution < 1.29 is 13.9 Å². The molecule has 0 radical (unpaired) electrons. The van der Waals surface area contributed by atoms with E-state index in [0.29, 0.717) is 17.2 Å². The van der Waals surface area contributed by atoms with Crippen LogP contribution in [0.2, 0.25) is 0 Å². The first-order chi connectivity index (χ1) is 11.6. The lowest BCUT2D eigenvalue weighted by Crippen LogP contribution is -2.14. The van der Waals surface area contributed by atoms with Gasteiger partial charge in [-0.05, 0) is 43.3 Å². The second-order valence-electron chi connectivity index (χ2n) is 5.35. The molecule has 3 rings (SSSR count). The Bertz CT molecular complexity index is 860. The minimum atomic E-state index is -0.563. The fourth-order valence-electron chi connectivity index (χ4n) is 2.23. The van der Waals surface area contributed by atoms with E-state index in [4.69, 9.17) is 4.74 Å². The van der Waals surface area contributed by atoms with Gasteiger partial charge >= 0.3 is 0 Å². The molecule has 1 amide bonds. The van der Waals surface area contributed by atoms with Gasteiger partial charge in [0.25, 0.3) is 5.91 Å². The minimum Gasteiger partial charge on any atom is -0.455 e. The first-order valence-electron chi connectivity index (χ1n) is 7.53. The molecule has 0 aliphatic rings. The number of carbonyl (C=O) groups is 1. The van der Waals surface area contributed by atoms with Crippen LogP contribution in [-0.2, 0) is 0 Å². The molecule has 0 heterocycles. The second kappa shape index (κ2) is 6.96. The number of hydrogen-bond acceptors (Lipinski definition) is 2. The van der Waals surface area contributed by atoms with Crippen LogP contribution in [0.25, 0.3) is 0 Å². The Morgan fingerprint density at radius 2 is 1.58 bits per heavy atom. The number of anilines is 1. The highest BCUT2D eigenvalue weighted by molar-refractivity contribution is 6.05. The quantitative estimate of drug-likeness (QED) is 0.719. The average molecular weight is 321 g/mol. The smallest absolute Gasteiger partial charge is 0.258 e. The van der Waals surface area contributed by atoms with E-state index in [1.54, 1.807) is 30.3 Å². The van der Waals surface area contributed by atoms with Crippen molar-refractivity contribution >= 4 is 11.6 Å². The number of benzene rings is 3. The molecule has 0 unspecified atom stereocenters. The molecule has 0 atom stereocenters. The molecule has 0 spiro atoms. The van der Waals surface area contributed by atoms with Gasteiger partial charge in [0, 0.05) is 0 Å². The summed E-state index contributed by atoms with van der Waals surface area (Å²) >= 11 is 0. The number of halogens is 1. The molecule has 3 aromatic rings. The summed E-state index contributed by atoms with van der Waals surface area (Å²) in [6, 6.07) is 20.5. The van der Waals surface area contributed by atoms with Crippen LogP contribution in [0.5, 0.6) is 11.5 Å². The number of aryl methyl sites for hydroxylation is 1. The van der Waals surface area contributed by atoms with Crippen LogP contribution in [0.1, 0.15) is 15.9 Å². The van der Waals surface area contributed by atoms with Crippen molar-refractivity contribution in [2.75, 3.05) is 5.32 Å². The average Bonchev–Trinajstić information content (AvgIpc) is 2.59. The maximum Gasteiger partial charge on any atom is 0.258 e. The molecular weight excluding hydrogens is 305 g/mol. The van der Waals surface area contributed by atoms with Gasteiger partial charge in [0.2, 0.25) is 0 Å². The summed E-state index contributed by atoms with van der Waals surface area (Å²) in [6.45, 7) is 1.99. The fourth-order valence-corrected chi connectivity index (χ4v) is 2.23. The molecule has 0 aromatic heterocycles. The Balaban J connectivity index is 1.83. The van der Waals surface area contributed by atoms with E-state index in [0.717, 1.165) is 5.56 Å². The topological polar surface area (TPSA) is 38.3 Å². The third-order valence-electron chi connectivity index (χ3n) is 3.50. The van der Waals surface area contributed by atoms with E-state index in [9.17, 15) is 9.18 Å². The number of amides is 1. The molecule has 0 aliphatic carbocycles. The highest BCUT2D eigenvalue weighted by Crippen LogP contribution is 2.29. The molecule has 120 valence electrons. The second-order valence-corrected chi connectivity index (χ2v) is 5.35. The van der Waals surface area contributed by atoms with E-state index in [1.807, 2.05) is 37.3 Å². The lowest BCUT2D eigenvalue weighted by molar-refractivity contribution is 0.102. The lowest BCUT2D eigenvalue weighted by Gasteiger charge is -2.12. The Labute approximate surface area is 139 Å². The van der Waals surface area contributed by atoms with Crippen LogP contribution in [0.15, 0.2) is 72.8 Å². The molecule has 0 fully saturated rings. The minimum absolute atomic E-state index is 0.0114. The van der Waals surface area contributed by atoms with Crippen molar-refractivity contribution in [2.45, 2.75) is 6.92 Å². The van der Waals surface area contributed by atoms with Crippen molar-refractivity contribution in [3.8, 4) is 11.5 Å². The standard InChI is InChI=1S/C20H16FNO2/c1-14-10-12-15(13-11-14)24-19-9-5-4-8-18(19)22-20(23)16-6-2-3-7-17(16)21/h2-13H,1H3,(H,22,23). The Morgan fingerprint density at radius 3 is 2.33 bits per heavy atom. The van der Waals surface area contributed by atoms with Gasteiger partial charge < -0.3 is 10.1 Å². The summed E-state index contributed by atoms with van der Waals surface area (Å²) in [5, 5.41) is 2.70. The summed E-state index contributed by atoms with van der Waals surface area (Å²) in [6.07, 6.45) is 0. The number of carbonyl (C=O) groups excluding carboxylic acids is 1. The molecule has 0 aliphatic heterocycles. The predicted molar refractivity (Wildman–Crippen MR) is 92.0 cm³/mol. The van der Waals surface area contributed by atoms with Crippen molar-refractivity contribution in [1.29, 1.82) is 0 Å². The summed E-state index contributed by atoms with van der Waals surface area (Å²) < 4.78 is 19.6. The van der Waals surface area contributed by atoms with Crippen molar-refractivity contribution in [3.05, 3.63) is 89.7 Å². The van der Waals surface area contributed by atoms with Gasteiger partial charge in [-0.3, -0.25) is 4.79 Å². The van der Waals surface area contributed by atoms with E-state index >= 15 is 0 Å². The fraction of sp³-hybridized carbons (Fsp3) is 0.0500. The first-order valence-corrected chi connectivity index (χ1v) is 7.53. The zero-order chi connectivity index (χ0) is 16.9. The zero-order valence-electron chi connectivity index (χ0n) is 13.1. The molecule has 0 bridgehead atoms. The van der Waals surface area contributed by atoms with Crippen LogP contribution in [0.3, 0.4) is 0 Å². The number of hydrogen-bond donors (Lipinski definition) is 1. The van der Waals surface area contributed by atoms with E-state index < -0.39 is 11.7 Å². The number of nitrogens with one attached hydrogen (secondary N) is 1. The van der Waals surface area contributed by atoms with Gasteiger partial charge in [-0.15, -0.1) is 0 Å². The van der Waals surface area contributed by atoms with Crippen molar-refractivity contribution in [3.63, 3.8) is 0 Å². The van der Waals surface area contributed by atoms with Crippen LogP contribution in [0.4, 0.5) is 10.1 Å². The Morgan fingerprint density at radius 1 is 0.917 bits per heavy atom. The Kier molecular flexibility index (Phi) is 4.57. The maximum atomic E-state index is 13.7. The normalized spacial score (nSPS) is 10.2. The summed E-state index contributed by atoms with van der Waals surface area (Å²) in [5.74, 6) is 0.0687. The van der Waals surface area contributed by atoms with Gasteiger partial charge in [0.05, 0.1) is 11.3 Å². The molecule has 3 nitrogen and oxygen atoms in total. The number of ether oxygens (including phenoxy) is 1. The van der Waals surface area contributed by atoms with Gasteiger partial charge in [0.15, 0.2) is 5.75 Å². The van der Waals surface area contributed by atoms with Crippen LogP contribution in [-0.4, -0.2) is 5.91 Å². The van der Waals surface area contributed by atoms with Gasteiger partial charge in [-0.2, -0.15) is 0 Å². The third-order valence-corrected chi connectivity index (χ3v) is 3.50. The van der Waals surface area contributed by atoms with E-state index in [2.05, 4.69) is 5.32 Å². The maximum absolute atomic E-state index is 13.7. The van der Waals surface area contributed by atoms with Crippen LogP contribution in [0, 0.1) is 12.7 Å². The molecular formula is C20H16FNO2. The monoisotopic (exact) mass is 321 g/mol. The van der Waals surface area contributed by atoms with Crippen LogP contribution >= 0.6 is 0 Å². The van der Waals surface area contributed by atoms with Gasteiger partial charge in [-0.25, -0.2) is 4.39 Å². The van der Waals surface area contributed by atoms with Crippen molar-refractivity contribution in [1.82, 2.24) is 0 Å². The van der Waals surface area contributed by atoms with Crippen LogP contribution < -0.4 is 10.1 Å². The molecule has 0 saturated carbocycles. The third kappa shape index (κ3) is 3.60. The molecule has 0 saturated heterocycles.